The van der Waals surface area contributed by atoms with E-state index in [0.29, 0.717) is 50.4 Å². The van der Waals surface area contributed by atoms with Crippen molar-refractivity contribution in [3.8, 4) is 5.69 Å². The van der Waals surface area contributed by atoms with E-state index in [1.807, 2.05) is 19.9 Å². The van der Waals surface area contributed by atoms with Crippen molar-refractivity contribution in [3.05, 3.63) is 86.4 Å². The third-order valence-electron chi connectivity index (χ3n) is 5.36. The summed E-state index contributed by atoms with van der Waals surface area (Å²) < 4.78 is 15.5. The van der Waals surface area contributed by atoms with E-state index in [0.717, 1.165) is 0 Å². The number of hydrogen-bond donors (Lipinski definition) is 1. The maximum Gasteiger partial charge on any atom is 0.263 e. The predicted octanol–water partition coefficient (Wildman–Crippen LogP) is 6.43. The van der Waals surface area contributed by atoms with Crippen LogP contribution in [0.25, 0.3) is 16.5 Å². The van der Waals surface area contributed by atoms with Crippen LogP contribution in [-0.4, -0.2) is 21.3 Å². The number of nitrogens with one attached hydrogen (secondary N) is 1. The molecule has 0 aliphatic carbocycles. The van der Waals surface area contributed by atoms with Gasteiger partial charge in [0.25, 0.3) is 5.56 Å². The van der Waals surface area contributed by atoms with Crippen molar-refractivity contribution in [1.29, 1.82) is 0 Å². The first-order valence-electron chi connectivity index (χ1n) is 10.2. The second-order valence-corrected chi connectivity index (χ2v) is 8.36. The van der Waals surface area contributed by atoms with Gasteiger partial charge >= 0.3 is 0 Å². The molecule has 4 aromatic rings. The Hall–Kier alpha value is -3.29. The van der Waals surface area contributed by atoms with Gasteiger partial charge in [0, 0.05) is 15.7 Å². The highest BCUT2D eigenvalue weighted by Gasteiger charge is 2.21. The SMILES string of the molecule is C=Nc1c(C)ncnc1NC(CC)c1cc2ccc(F)cc2c(=O)n1-c1cc(Cl)cc(Cl)c1. The van der Waals surface area contributed by atoms with Crippen LogP contribution in [0.3, 0.4) is 0 Å². The minimum absolute atomic E-state index is 0.246. The summed E-state index contributed by atoms with van der Waals surface area (Å²) in [5, 5.41) is 4.97. The van der Waals surface area contributed by atoms with Gasteiger partial charge in [-0.25, -0.2) is 14.4 Å². The quantitative estimate of drug-likeness (QED) is 0.320. The summed E-state index contributed by atoms with van der Waals surface area (Å²) in [7, 11) is 0. The second kappa shape index (κ2) is 9.29. The number of nitrogens with zero attached hydrogens (tertiary/aromatic N) is 4. The van der Waals surface area contributed by atoms with Gasteiger partial charge in [-0.1, -0.05) is 36.2 Å². The number of hydrogen-bond acceptors (Lipinski definition) is 5. The van der Waals surface area contributed by atoms with Crippen molar-refractivity contribution in [2.75, 3.05) is 5.32 Å². The third-order valence-corrected chi connectivity index (χ3v) is 5.79. The van der Waals surface area contributed by atoms with E-state index in [2.05, 4.69) is 27.0 Å². The number of aromatic nitrogens is 3. The number of pyridine rings is 1. The van der Waals surface area contributed by atoms with Gasteiger partial charge < -0.3 is 5.32 Å². The van der Waals surface area contributed by atoms with Gasteiger partial charge in [0.05, 0.1) is 22.8 Å². The second-order valence-electron chi connectivity index (χ2n) is 7.49. The Morgan fingerprint density at radius 1 is 1.15 bits per heavy atom. The molecule has 33 heavy (non-hydrogen) atoms. The van der Waals surface area contributed by atoms with Crippen molar-refractivity contribution in [3.63, 3.8) is 0 Å². The van der Waals surface area contributed by atoms with E-state index in [4.69, 9.17) is 23.2 Å². The fourth-order valence-electron chi connectivity index (χ4n) is 3.80. The van der Waals surface area contributed by atoms with Gasteiger partial charge in [0.1, 0.15) is 17.8 Å². The molecule has 6 nitrogen and oxygen atoms in total. The first-order valence-corrected chi connectivity index (χ1v) is 10.9. The number of benzene rings is 2. The summed E-state index contributed by atoms with van der Waals surface area (Å²) in [6, 6.07) is 10.5. The number of aryl methyl sites for hydroxylation is 1. The molecule has 0 radical (unpaired) electrons. The number of rotatable bonds is 6. The van der Waals surface area contributed by atoms with Crippen LogP contribution in [0.4, 0.5) is 15.9 Å². The minimum Gasteiger partial charge on any atom is -0.360 e. The zero-order chi connectivity index (χ0) is 23.7. The van der Waals surface area contributed by atoms with Gasteiger partial charge in [-0.15, -0.1) is 0 Å². The van der Waals surface area contributed by atoms with Crippen LogP contribution in [0.1, 0.15) is 30.8 Å². The maximum atomic E-state index is 14.0. The van der Waals surface area contributed by atoms with Gasteiger partial charge in [0.15, 0.2) is 5.82 Å². The normalized spacial score (nSPS) is 12.0. The van der Waals surface area contributed by atoms with Crippen molar-refractivity contribution < 1.29 is 4.39 Å². The Morgan fingerprint density at radius 3 is 2.55 bits per heavy atom. The molecule has 2 heterocycles. The van der Waals surface area contributed by atoms with Crippen LogP contribution in [0.15, 0.2) is 58.6 Å². The van der Waals surface area contributed by atoms with Crippen molar-refractivity contribution in [2.24, 2.45) is 4.99 Å². The maximum absolute atomic E-state index is 14.0. The molecule has 1 unspecified atom stereocenters. The summed E-state index contributed by atoms with van der Waals surface area (Å²) in [6.07, 6.45) is 2.03. The molecule has 0 spiro atoms. The molecule has 9 heteroatoms. The Bertz CT molecular complexity index is 1420. The standard InChI is InChI=1S/C24H20Cl2FN5O/c1-4-20(31-23-22(28-3)13(2)29-12-30-23)21-7-14-5-6-17(27)11-19(14)24(33)32(21)18-9-15(25)8-16(26)10-18/h5-12,20H,3-4H2,1-2H3,(H,29,30,31). The van der Waals surface area contributed by atoms with Crippen molar-refractivity contribution in [1.82, 2.24) is 14.5 Å². The largest absolute Gasteiger partial charge is 0.360 e. The molecule has 0 aliphatic heterocycles. The smallest absolute Gasteiger partial charge is 0.263 e. The molecule has 168 valence electrons. The molecule has 0 saturated carbocycles. The third kappa shape index (κ3) is 4.47. The Morgan fingerprint density at radius 2 is 1.88 bits per heavy atom. The highest BCUT2D eigenvalue weighted by atomic mass is 35.5. The van der Waals surface area contributed by atoms with Crippen LogP contribution < -0.4 is 10.9 Å². The molecule has 0 amide bonds. The zero-order valence-electron chi connectivity index (χ0n) is 17.9. The van der Waals surface area contributed by atoms with Crippen LogP contribution in [0.2, 0.25) is 10.0 Å². The van der Waals surface area contributed by atoms with E-state index in [1.165, 1.54) is 23.0 Å². The molecule has 4 rings (SSSR count). The minimum atomic E-state index is -0.494. The lowest BCUT2D eigenvalue weighted by molar-refractivity contribution is 0.629. The average molecular weight is 484 g/mol. The first-order chi connectivity index (χ1) is 15.8. The average Bonchev–Trinajstić information content (AvgIpc) is 2.77. The molecule has 0 fully saturated rings. The monoisotopic (exact) mass is 483 g/mol. The van der Waals surface area contributed by atoms with E-state index in [1.54, 1.807) is 24.3 Å². The highest BCUT2D eigenvalue weighted by Crippen LogP contribution is 2.32. The topological polar surface area (TPSA) is 72.2 Å². The summed E-state index contributed by atoms with van der Waals surface area (Å²) in [5.74, 6) is -0.00182. The molecule has 2 aromatic heterocycles. The van der Waals surface area contributed by atoms with Gasteiger partial charge in [-0.05, 0) is 61.8 Å². The summed E-state index contributed by atoms with van der Waals surface area (Å²) in [4.78, 5) is 26.1. The Balaban J connectivity index is 1.99. The summed E-state index contributed by atoms with van der Waals surface area (Å²) in [5.41, 5.74) is 1.91. The molecule has 0 saturated heterocycles. The molecule has 1 N–H and O–H groups in total. The number of fused-ring (bicyclic) bond motifs is 1. The fraction of sp³-hybridized carbons (Fsp3) is 0.167. The van der Waals surface area contributed by atoms with Gasteiger partial charge in [-0.2, -0.15) is 0 Å². The van der Waals surface area contributed by atoms with Crippen LogP contribution in [-0.2, 0) is 0 Å². The number of halogens is 3. The molecular weight excluding hydrogens is 464 g/mol. The lowest BCUT2D eigenvalue weighted by Crippen LogP contribution is -2.26. The zero-order valence-corrected chi connectivity index (χ0v) is 19.5. The molecular formula is C24H20Cl2FN5O. The van der Waals surface area contributed by atoms with Gasteiger partial charge in [-0.3, -0.25) is 14.4 Å². The van der Waals surface area contributed by atoms with Crippen LogP contribution >= 0.6 is 23.2 Å². The van der Waals surface area contributed by atoms with Gasteiger partial charge in [0.2, 0.25) is 0 Å². The molecule has 1 atom stereocenters. The number of anilines is 1. The van der Waals surface area contributed by atoms with Crippen molar-refractivity contribution >= 4 is 52.2 Å². The molecule has 0 bridgehead atoms. The van der Waals surface area contributed by atoms with E-state index >= 15 is 0 Å². The van der Waals surface area contributed by atoms with Crippen LogP contribution in [0.5, 0.6) is 0 Å². The number of aliphatic imine (C=N–C) groups is 1. The fourth-order valence-corrected chi connectivity index (χ4v) is 4.32. The molecule has 2 aromatic carbocycles. The van der Waals surface area contributed by atoms with Crippen molar-refractivity contribution in [2.45, 2.75) is 26.3 Å². The lowest BCUT2D eigenvalue weighted by atomic mass is 10.0. The Kier molecular flexibility index (Phi) is 6.44. The first kappa shape index (κ1) is 22.9. The predicted molar refractivity (Wildman–Crippen MR) is 132 cm³/mol. The highest BCUT2D eigenvalue weighted by molar-refractivity contribution is 6.34. The van der Waals surface area contributed by atoms with E-state index < -0.39 is 5.82 Å². The lowest BCUT2D eigenvalue weighted by Gasteiger charge is -2.24. The summed E-state index contributed by atoms with van der Waals surface area (Å²) in [6.45, 7) is 7.40. The van der Waals surface area contributed by atoms with E-state index in [9.17, 15) is 9.18 Å². The van der Waals surface area contributed by atoms with Crippen LogP contribution in [0, 0.1) is 12.7 Å². The Labute approximate surface area is 199 Å². The molecule has 0 aliphatic rings. The van der Waals surface area contributed by atoms with E-state index in [-0.39, 0.29) is 17.0 Å². The summed E-state index contributed by atoms with van der Waals surface area (Å²) >= 11 is 12.5.